The lowest BCUT2D eigenvalue weighted by Crippen LogP contribution is -2.29. The lowest BCUT2D eigenvalue weighted by Gasteiger charge is -2.18. The van der Waals surface area contributed by atoms with Gasteiger partial charge in [0.05, 0.1) is 4.90 Å². The molecular weight excluding hydrogens is 338 g/mol. The minimum absolute atomic E-state index is 0.0905. The molecule has 0 radical (unpaired) electrons. The van der Waals surface area contributed by atoms with Crippen LogP contribution in [0.2, 0.25) is 0 Å². The summed E-state index contributed by atoms with van der Waals surface area (Å²) in [6, 6.07) is 7.07. The molecule has 126 valence electrons. The maximum Gasteiger partial charge on any atom is 0.258 e. The van der Waals surface area contributed by atoms with Crippen LogP contribution in [0.3, 0.4) is 0 Å². The Morgan fingerprint density at radius 3 is 2.42 bits per heavy atom. The van der Waals surface area contributed by atoms with Gasteiger partial charge in [0.25, 0.3) is 5.91 Å². The summed E-state index contributed by atoms with van der Waals surface area (Å²) in [6.07, 6.45) is 0.464. The van der Waals surface area contributed by atoms with Gasteiger partial charge in [0.1, 0.15) is 11.6 Å². The maximum atomic E-state index is 13.3. The number of anilines is 1. The van der Waals surface area contributed by atoms with Gasteiger partial charge in [0.2, 0.25) is 10.0 Å². The van der Waals surface area contributed by atoms with Crippen LogP contribution in [0, 0.1) is 11.6 Å². The lowest BCUT2D eigenvalue weighted by molar-refractivity contribution is 0.0988. The van der Waals surface area contributed by atoms with E-state index in [4.69, 9.17) is 0 Å². The Hall–Kier alpha value is -2.32. The zero-order valence-corrected chi connectivity index (χ0v) is 13.5. The van der Waals surface area contributed by atoms with Crippen molar-refractivity contribution in [3.8, 4) is 0 Å². The third-order valence-corrected chi connectivity index (χ3v) is 5.29. The number of hydrogen-bond donors (Lipinski definition) is 1. The van der Waals surface area contributed by atoms with Gasteiger partial charge in [-0.2, -0.15) is 0 Å². The van der Waals surface area contributed by atoms with E-state index in [1.807, 2.05) is 0 Å². The Morgan fingerprint density at radius 2 is 1.79 bits per heavy atom. The second-order valence-corrected chi connectivity index (χ2v) is 7.25. The summed E-state index contributed by atoms with van der Waals surface area (Å²) in [5, 5.41) is 0. The van der Waals surface area contributed by atoms with Gasteiger partial charge in [-0.1, -0.05) is 0 Å². The molecule has 2 aromatic carbocycles. The lowest BCUT2D eigenvalue weighted by atomic mass is 10.1. The SMILES string of the molecule is CNS(=O)(=O)c1ccc2c(c1)CCN2C(=O)c1cc(F)cc(F)c1. The van der Waals surface area contributed by atoms with Crippen molar-refractivity contribution < 1.29 is 22.0 Å². The first-order chi connectivity index (χ1) is 11.3. The second-order valence-electron chi connectivity index (χ2n) is 5.36. The molecule has 8 heteroatoms. The van der Waals surface area contributed by atoms with Crippen LogP contribution in [-0.4, -0.2) is 27.9 Å². The quantitative estimate of drug-likeness (QED) is 0.920. The van der Waals surface area contributed by atoms with Gasteiger partial charge in [-0.15, -0.1) is 0 Å². The van der Waals surface area contributed by atoms with E-state index >= 15 is 0 Å². The van der Waals surface area contributed by atoms with Crippen LogP contribution in [-0.2, 0) is 16.4 Å². The number of nitrogens with one attached hydrogen (secondary N) is 1. The number of rotatable bonds is 3. The van der Waals surface area contributed by atoms with Gasteiger partial charge in [-0.25, -0.2) is 21.9 Å². The average Bonchev–Trinajstić information content (AvgIpc) is 2.96. The highest BCUT2D eigenvalue weighted by molar-refractivity contribution is 7.89. The molecule has 0 spiro atoms. The number of sulfonamides is 1. The molecule has 3 rings (SSSR count). The van der Waals surface area contributed by atoms with E-state index in [0.29, 0.717) is 30.3 Å². The Morgan fingerprint density at radius 1 is 1.12 bits per heavy atom. The van der Waals surface area contributed by atoms with Crippen molar-refractivity contribution in [1.29, 1.82) is 0 Å². The van der Waals surface area contributed by atoms with Crippen molar-refractivity contribution >= 4 is 21.6 Å². The van der Waals surface area contributed by atoms with Crippen molar-refractivity contribution in [2.75, 3.05) is 18.5 Å². The van der Waals surface area contributed by atoms with Crippen LogP contribution < -0.4 is 9.62 Å². The molecule has 0 aromatic heterocycles. The summed E-state index contributed by atoms with van der Waals surface area (Å²) < 4.78 is 52.5. The number of carbonyl (C=O) groups is 1. The largest absolute Gasteiger partial charge is 0.308 e. The number of benzene rings is 2. The summed E-state index contributed by atoms with van der Waals surface area (Å²) in [5.41, 5.74) is 1.14. The fourth-order valence-electron chi connectivity index (χ4n) is 2.71. The Balaban J connectivity index is 1.96. The van der Waals surface area contributed by atoms with E-state index in [-0.39, 0.29) is 10.5 Å². The van der Waals surface area contributed by atoms with Gasteiger partial charge < -0.3 is 4.90 Å². The van der Waals surface area contributed by atoms with E-state index in [9.17, 15) is 22.0 Å². The van der Waals surface area contributed by atoms with Crippen LogP contribution in [0.25, 0.3) is 0 Å². The average molecular weight is 352 g/mol. The molecule has 2 aromatic rings. The summed E-state index contributed by atoms with van der Waals surface area (Å²) in [6.45, 7) is 0.315. The topological polar surface area (TPSA) is 66.5 Å². The first-order valence-corrected chi connectivity index (χ1v) is 8.64. The van der Waals surface area contributed by atoms with Gasteiger partial charge >= 0.3 is 0 Å². The predicted octanol–water partition coefficient (Wildman–Crippen LogP) is 2.08. The van der Waals surface area contributed by atoms with Crippen LogP contribution in [0.5, 0.6) is 0 Å². The minimum Gasteiger partial charge on any atom is -0.308 e. The summed E-state index contributed by atoms with van der Waals surface area (Å²) in [7, 11) is -2.26. The van der Waals surface area contributed by atoms with Crippen molar-refractivity contribution in [1.82, 2.24) is 4.72 Å². The molecule has 1 aliphatic rings. The van der Waals surface area contributed by atoms with Gasteiger partial charge in [0, 0.05) is 23.9 Å². The van der Waals surface area contributed by atoms with E-state index in [1.165, 1.54) is 30.1 Å². The predicted molar refractivity (Wildman–Crippen MR) is 84.4 cm³/mol. The molecule has 0 fully saturated rings. The molecule has 1 amide bonds. The molecule has 1 N–H and O–H groups in total. The maximum absolute atomic E-state index is 13.3. The first-order valence-electron chi connectivity index (χ1n) is 7.16. The standard InChI is InChI=1S/C16H14F2N2O3S/c1-19-24(22,23)14-2-3-15-10(8-14)4-5-20(15)16(21)11-6-12(17)9-13(18)7-11/h2-3,6-9,19H,4-5H2,1H3. The van der Waals surface area contributed by atoms with E-state index in [1.54, 1.807) is 0 Å². The molecule has 5 nitrogen and oxygen atoms in total. The Bertz CT molecular complexity index is 909. The van der Waals surface area contributed by atoms with Crippen molar-refractivity contribution in [3.63, 3.8) is 0 Å². The molecule has 0 saturated carbocycles. The number of fused-ring (bicyclic) bond motifs is 1. The minimum atomic E-state index is -3.57. The first kappa shape index (κ1) is 16.5. The molecule has 0 aliphatic carbocycles. The summed E-state index contributed by atoms with van der Waals surface area (Å²) in [4.78, 5) is 14.0. The number of nitrogens with zero attached hydrogens (tertiary/aromatic N) is 1. The number of halogens is 2. The monoisotopic (exact) mass is 352 g/mol. The highest BCUT2D eigenvalue weighted by Crippen LogP contribution is 2.31. The van der Waals surface area contributed by atoms with Gasteiger partial charge in [-0.3, -0.25) is 4.79 Å². The molecule has 1 heterocycles. The molecule has 0 saturated heterocycles. The second kappa shape index (κ2) is 5.95. The molecule has 0 bridgehead atoms. The summed E-state index contributed by atoms with van der Waals surface area (Å²) >= 11 is 0. The highest BCUT2D eigenvalue weighted by atomic mass is 32.2. The van der Waals surface area contributed by atoms with Crippen molar-refractivity contribution in [2.24, 2.45) is 0 Å². The van der Waals surface area contributed by atoms with Gasteiger partial charge in [0.15, 0.2) is 0 Å². The third-order valence-electron chi connectivity index (χ3n) is 3.88. The molecule has 0 unspecified atom stereocenters. The highest BCUT2D eigenvalue weighted by Gasteiger charge is 2.27. The Kier molecular flexibility index (Phi) is 4.10. The Labute approximate surface area is 138 Å². The number of amides is 1. The number of hydrogen-bond acceptors (Lipinski definition) is 3. The van der Waals surface area contributed by atoms with Crippen molar-refractivity contribution in [3.05, 3.63) is 59.2 Å². The number of carbonyl (C=O) groups excluding carboxylic acids is 1. The van der Waals surface area contributed by atoms with Crippen LogP contribution >= 0.6 is 0 Å². The molecular formula is C16H14F2N2O3S. The van der Waals surface area contributed by atoms with E-state index in [2.05, 4.69) is 4.72 Å². The molecule has 24 heavy (non-hydrogen) atoms. The fraction of sp³-hybridized carbons (Fsp3) is 0.188. The normalized spacial score (nSPS) is 13.9. The van der Waals surface area contributed by atoms with E-state index in [0.717, 1.165) is 12.1 Å². The van der Waals surface area contributed by atoms with Crippen LogP contribution in [0.15, 0.2) is 41.3 Å². The van der Waals surface area contributed by atoms with Crippen LogP contribution in [0.1, 0.15) is 15.9 Å². The zero-order valence-electron chi connectivity index (χ0n) is 12.7. The third kappa shape index (κ3) is 2.90. The van der Waals surface area contributed by atoms with Crippen LogP contribution in [0.4, 0.5) is 14.5 Å². The molecule has 1 aliphatic heterocycles. The van der Waals surface area contributed by atoms with Crippen molar-refractivity contribution in [2.45, 2.75) is 11.3 Å². The smallest absolute Gasteiger partial charge is 0.258 e. The zero-order chi connectivity index (χ0) is 17.5. The van der Waals surface area contributed by atoms with Gasteiger partial charge in [-0.05, 0) is 49.4 Å². The fourth-order valence-corrected chi connectivity index (χ4v) is 3.49. The van der Waals surface area contributed by atoms with E-state index < -0.39 is 27.6 Å². The summed E-state index contributed by atoms with van der Waals surface area (Å²) in [5.74, 6) is -2.18. The molecule has 0 atom stereocenters.